The lowest BCUT2D eigenvalue weighted by molar-refractivity contribution is -0.117. The van der Waals surface area contributed by atoms with E-state index in [2.05, 4.69) is 11.9 Å². The van der Waals surface area contributed by atoms with E-state index in [0.29, 0.717) is 0 Å². The van der Waals surface area contributed by atoms with Crippen LogP contribution in [0.2, 0.25) is 0 Å². The first kappa shape index (κ1) is 11.8. The average molecular weight is 251 g/mol. The summed E-state index contributed by atoms with van der Waals surface area (Å²) in [4.78, 5) is 16.0. The summed E-state index contributed by atoms with van der Waals surface area (Å²) in [5.41, 5.74) is 0. The quantitative estimate of drug-likeness (QED) is 0.763. The molecular weight excluding hydrogens is 230 g/mol. The molecule has 94 valence electrons. The van der Waals surface area contributed by atoms with Crippen molar-refractivity contribution in [2.45, 2.75) is 57.1 Å². The smallest absolute Gasteiger partial charge is 0.259 e. The monoisotopic (exact) mass is 251 g/mol. The van der Waals surface area contributed by atoms with Gasteiger partial charge in [0.05, 0.1) is 10.3 Å². The van der Waals surface area contributed by atoms with Gasteiger partial charge < -0.3 is 0 Å². The minimum absolute atomic E-state index is 0.134. The van der Waals surface area contributed by atoms with E-state index < -0.39 is 0 Å². The highest BCUT2D eigenvalue weighted by atomic mass is 32.2. The molecule has 2 aliphatic carbocycles. The summed E-state index contributed by atoms with van der Waals surface area (Å²) in [6.45, 7) is 2.14. The molecule has 0 aromatic carbocycles. The number of hydrogen-bond acceptors (Lipinski definition) is 2. The molecule has 2 fully saturated rings. The van der Waals surface area contributed by atoms with Crippen molar-refractivity contribution >= 4 is 22.7 Å². The fourth-order valence-corrected chi connectivity index (χ4v) is 5.11. The Bertz CT molecular complexity index is 352. The molecule has 0 aromatic heterocycles. The van der Waals surface area contributed by atoms with E-state index in [-0.39, 0.29) is 11.2 Å². The SMILES string of the molecule is CCCC1SC(CC2CC3CCC2C3)=NC1=O. The minimum atomic E-state index is 0.134. The van der Waals surface area contributed by atoms with E-state index >= 15 is 0 Å². The van der Waals surface area contributed by atoms with Crippen LogP contribution in [0, 0.1) is 17.8 Å². The Morgan fingerprint density at radius 1 is 1.35 bits per heavy atom. The molecule has 1 heterocycles. The third-order valence-corrected chi connectivity index (χ3v) is 5.91. The van der Waals surface area contributed by atoms with Crippen molar-refractivity contribution in [3.05, 3.63) is 0 Å². The molecular formula is C14H21NOS. The van der Waals surface area contributed by atoms with Gasteiger partial charge in [-0.25, -0.2) is 4.99 Å². The third-order valence-electron chi connectivity index (χ3n) is 4.66. The summed E-state index contributed by atoms with van der Waals surface area (Å²) >= 11 is 1.76. The van der Waals surface area contributed by atoms with E-state index in [1.807, 2.05) is 0 Å². The molecule has 3 rings (SSSR count). The topological polar surface area (TPSA) is 29.4 Å². The number of nitrogens with zero attached hydrogens (tertiary/aromatic N) is 1. The Morgan fingerprint density at radius 3 is 2.88 bits per heavy atom. The van der Waals surface area contributed by atoms with E-state index in [0.717, 1.165) is 42.1 Å². The van der Waals surface area contributed by atoms with Gasteiger partial charge in [0, 0.05) is 0 Å². The highest BCUT2D eigenvalue weighted by Crippen LogP contribution is 2.50. The van der Waals surface area contributed by atoms with Crippen molar-refractivity contribution < 1.29 is 4.79 Å². The summed E-state index contributed by atoms with van der Waals surface area (Å²) < 4.78 is 0. The van der Waals surface area contributed by atoms with Gasteiger partial charge in [0.1, 0.15) is 0 Å². The second kappa shape index (κ2) is 4.75. The first-order valence-corrected chi connectivity index (χ1v) is 7.92. The zero-order valence-corrected chi connectivity index (χ0v) is 11.3. The standard InChI is InChI=1S/C14H21NOS/c1-2-3-12-14(16)15-13(17-12)8-11-7-9-4-5-10(11)6-9/h9-12H,2-8H2,1H3. The molecule has 0 saturated heterocycles. The third kappa shape index (κ3) is 2.31. The van der Waals surface area contributed by atoms with Crippen LogP contribution in [-0.2, 0) is 4.79 Å². The van der Waals surface area contributed by atoms with Gasteiger partial charge in [-0.1, -0.05) is 31.5 Å². The summed E-state index contributed by atoms with van der Waals surface area (Å²) in [6, 6.07) is 0. The normalized spacial score (nSPS) is 40.1. The number of hydrogen-bond donors (Lipinski definition) is 0. The number of rotatable bonds is 4. The Balaban J connectivity index is 1.56. The summed E-state index contributed by atoms with van der Waals surface area (Å²) in [7, 11) is 0. The van der Waals surface area contributed by atoms with Crippen molar-refractivity contribution in [3.8, 4) is 0 Å². The molecule has 2 bridgehead atoms. The summed E-state index contributed by atoms with van der Waals surface area (Å²) in [6.07, 6.45) is 8.91. The van der Waals surface area contributed by atoms with Crippen LogP contribution in [0.25, 0.3) is 0 Å². The van der Waals surface area contributed by atoms with Crippen LogP contribution in [0.4, 0.5) is 0 Å². The van der Waals surface area contributed by atoms with Crippen molar-refractivity contribution in [3.63, 3.8) is 0 Å². The summed E-state index contributed by atoms with van der Waals surface area (Å²) in [5, 5.41) is 1.29. The Kier molecular flexibility index (Phi) is 3.29. The zero-order chi connectivity index (χ0) is 11.8. The van der Waals surface area contributed by atoms with Crippen LogP contribution < -0.4 is 0 Å². The van der Waals surface area contributed by atoms with Crippen LogP contribution in [0.15, 0.2) is 4.99 Å². The molecule has 3 heteroatoms. The number of thioether (sulfide) groups is 1. The maximum absolute atomic E-state index is 11.7. The van der Waals surface area contributed by atoms with E-state index in [1.165, 1.54) is 25.7 Å². The summed E-state index contributed by atoms with van der Waals surface area (Å²) in [5.74, 6) is 2.92. The maximum Gasteiger partial charge on any atom is 0.259 e. The van der Waals surface area contributed by atoms with E-state index in [9.17, 15) is 4.79 Å². The fraction of sp³-hybridized carbons (Fsp3) is 0.857. The van der Waals surface area contributed by atoms with Crippen LogP contribution in [0.1, 0.15) is 51.9 Å². The van der Waals surface area contributed by atoms with Gasteiger partial charge in [-0.2, -0.15) is 0 Å². The van der Waals surface area contributed by atoms with Crippen LogP contribution >= 0.6 is 11.8 Å². The first-order valence-electron chi connectivity index (χ1n) is 7.04. The molecule has 17 heavy (non-hydrogen) atoms. The van der Waals surface area contributed by atoms with Gasteiger partial charge in [-0.05, 0) is 49.9 Å². The van der Waals surface area contributed by atoms with E-state index in [4.69, 9.17) is 0 Å². The predicted molar refractivity (Wildman–Crippen MR) is 72.3 cm³/mol. The number of carbonyl (C=O) groups excluding carboxylic acids is 1. The highest BCUT2D eigenvalue weighted by molar-refractivity contribution is 8.15. The molecule has 0 N–H and O–H groups in total. The molecule has 0 spiro atoms. The highest BCUT2D eigenvalue weighted by Gasteiger charge is 2.40. The number of aliphatic imine (C=N–C) groups is 1. The lowest BCUT2D eigenvalue weighted by Gasteiger charge is -2.21. The molecule has 4 unspecified atom stereocenters. The van der Waals surface area contributed by atoms with Crippen molar-refractivity contribution in [2.24, 2.45) is 22.7 Å². The van der Waals surface area contributed by atoms with Gasteiger partial charge in [0.15, 0.2) is 0 Å². The lowest BCUT2D eigenvalue weighted by atomic mass is 9.87. The van der Waals surface area contributed by atoms with Crippen LogP contribution in [0.5, 0.6) is 0 Å². The van der Waals surface area contributed by atoms with Crippen molar-refractivity contribution in [1.29, 1.82) is 0 Å². The average Bonchev–Trinajstić information content (AvgIpc) is 2.96. The molecule has 0 aromatic rings. The second-order valence-electron chi connectivity index (χ2n) is 5.88. The first-order chi connectivity index (χ1) is 8.26. The number of carbonyl (C=O) groups is 1. The predicted octanol–water partition coefficient (Wildman–Crippen LogP) is 3.65. The van der Waals surface area contributed by atoms with E-state index in [1.54, 1.807) is 11.8 Å². The van der Waals surface area contributed by atoms with Gasteiger partial charge in [-0.3, -0.25) is 4.79 Å². The number of amides is 1. The van der Waals surface area contributed by atoms with Crippen molar-refractivity contribution in [2.75, 3.05) is 0 Å². The molecule has 1 amide bonds. The molecule has 3 aliphatic rings. The van der Waals surface area contributed by atoms with Crippen LogP contribution in [0.3, 0.4) is 0 Å². The molecule has 2 nitrogen and oxygen atoms in total. The maximum atomic E-state index is 11.7. The second-order valence-corrected chi connectivity index (χ2v) is 7.15. The Labute approximate surface area is 108 Å². The lowest BCUT2D eigenvalue weighted by Crippen LogP contribution is -2.13. The Hall–Kier alpha value is -0.310. The van der Waals surface area contributed by atoms with Gasteiger partial charge in [0.25, 0.3) is 5.91 Å². The Morgan fingerprint density at radius 2 is 2.24 bits per heavy atom. The zero-order valence-electron chi connectivity index (χ0n) is 10.5. The molecule has 1 aliphatic heterocycles. The molecule has 4 atom stereocenters. The van der Waals surface area contributed by atoms with Gasteiger partial charge >= 0.3 is 0 Å². The largest absolute Gasteiger partial charge is 0.271 e. The number of fused-ring (bicyclic) bond motifs is 2. The van der Waals surface area contributed by atoms with Crippen molar-refractivity contribution in [1.82, 2.24) is 0 Å². The fourth-order valence-electron chi connectivity index (χ4n) is 3.82. The van der Waals surface area contributed by atoms with Crippen LogP contribution in [-0.4, -0.2) is 16.2 Å². The van der Waals surface area contributed by atoms with Gasteiger partial charge in [0.2, 0.25) is 0 Å². The minimum Gasteiger partial charge on any atom is -0.271 e. The molecule has 2 saturated carbocycles. The van der Waals surface area contributed by atoms with Gasteiger partial charge in [-0.15, -0.1) is 0 Å². The molecule has 0 radical (unpaired) electrons.